The first-order valence-electron chi connectivity index (χ1n) is 6.21. The summed E-state index contributed by atoms with van der Waals surface area (Å²) in [5.41, 5.74) is -0.724. The van der Waals surface area contributed by atoms with Gasteiger partial charge in [0.1, 0.15) is 5.01 Å². The molecule has 0 aromatic carbocycles. The van der Waals surface area contributed by atoms with E-state index in [9.17, 15) is 13.2 Å². The molecule has 2 nitrogen and oxygen atoms in total. The normalized spacial score (nSPS) is 12.4. The van der Waals surface area contributed by atoms with E-state index in [2.05, 4.69) is 10.3 Å². The van der Waals surface area contributed by atoms with Crippen LogP contribution in [0.2, 0.25) is 0 Å². The van der Waals surface area contributed by atoms with Crippen molar-refractivity contribution >= 4 is 23.1 Å². The summed E-state index contributed by atoms with van der Waals surface area (Å²) in [6, 6.07) is 0.154. The minimum absolute atomic E-state index is 0.154. The van der Waals surface area contributed by atoms with Crippen molar-refractivity contribution in [1.82, 2.24) is 10.3 Å². The molecule has 0 aliphatic carbocycles. The van der Waals surface area contributed by atoms with E-state index in [1.165, 1.54) is 0 Å². The Kier molecular flexibility index (Phi) is 6.62. The summed E-state index contributed by atoms with van der Waals surface area (Å²) in [6.07, 6.45) is -3.35. The molecular formula is C12H19F3N2S2. The van der Waals surface area contributed by atoms with E-state index < -0.39 is 11.9 Å². The predicted molar refractivity (Wildman–Crippen MR) is 75.5 cm³/mol. The van der Waals surface area contributed by atoms with Gasteiger partial charge in [0.25, 0.3) is 0 Å². The number of thiazole rings is 1. The maximum atomic E-state index is 12.9. The molecule has 0 atom stereocenters. The lowest BCUT2D eigenvalue weighted by Crippen LogP contribution is -2.23. The zero-order valence-electron chi connectivity index (χ0n) is 11.3. The van der Waals surface area contributed by atoms with Crippen LogP contribution in [0.3, 0.4) is 0 Å². The molecule has 1 aromatic heterocycles. The third kappa shape index (κ3) is 5.71. The van der Waals surface area contributed by atoms with Crippen LogP contribution in [0.15, 0.2) is 0 Å². The van der Waals surface area contributed by atoms with Gasteiger partial charge in [0.2, 0.25) is 0 Å². The van der Waals surface area contributed by atoms with Crippen molar-refractivity contribution in [1.29, 1.82) is 0 Å². The molecule has 110 valence electrons. The van der Waals surface area contributed by atoms with Crippen molar-refractivity contribution in [2.24, 2.45) is 0 Å². The Morgan fingerprint density at radius 2 is 2.05 bits per heavy atom. The van der Waals surface area contributed by atoms with Gasteiger partial charge < -0.3 is 5.32 Å². The molecule has 1 rings (SSSR count). The zero-order chi connectivity index (χ0) is 14.5. The second-order valence-electron chi connectivity index (χ2n) is 4.47. The molecule has 0 fully saturated rings. The molecular weight excluding hydrogens is 293 g/mol. The number of rotatable bonds is 7. The SMILES string of the molecule is CCCSCc1nc(C(F)(F)F)c(CNC(C)C)s1. The first-order chi connectivity index (χ1) is 8.84. The van der Waals surface area contributed by atoms with Gasteiger partial charge in [0.05, 0.1) is 4.88 Å². The Morgan fingerprint density at radius 3 is 2.58 bits per heavy atom. The fraction of sp³-hybridized carbons (Fsp3) is 0.750. The van der Waals surface area contributed by atoms with Gasteiger partial charge in [-0.3, -0.25) is 0 Å². The fourth-order valence-electron chi connectivity index (χ4n) is 1.40. The fourth-order valence-corrected chi connectivity index (χ4v) is 3.40. The highest BCUT2D eigenvalue weighted by Gasteiger charge is 2.37. The molecule has 1 N–H and O–H groups in total. The highest BCUT2D eigenvalue weighted by molar-refractivity contribution is 7.98. The van der Waals surface area contributed by atoms with Gasteiger partial charge >= 0.3 is 6.18 Å². The molecule has 7 heteroatoms. The molecule has 1 heterocycles. The van der Waals surface area contributed by atoms with Crippen LogP contribution in [0.5, 0.6) is 0 Å². The first kappa shape index (κ1) is 16.8. The summed E-state index contributed by atoms with van der Waals surface area (Å²) >= 11 is 2.79. The monoisotopic (exact) mass is 312 g/mol. The summed E-state index contributed by atoms with van der Waals surface area (Å²) < 4.78 is 38.7. The van der Waals surface area contributed by atoms with Crippen LogP contribution < -0.4 is 5.32 Å². The summed E-state index contributed by atoms with van der Waals surface area (Å²) in [6.45, 7) is 6.09. The van der Waals surface area contributed by atoms with Gasteiger partial charge in [-0.25, -0.2) is 4.98 Å². The smallest absolute Gasteiger partial charge is 0.310 e. The number of halogens is 3. The van der Waals surface area contributed by atoms with Crippen molar-refractivity contribution < 1.29 is 13.2 Å². The molecule has 0 aliphatic heterocycles. The van der Waals surface area contributed by atoms with Crippen molar-refractivity contribution in [3.8, 4) is 0 Å². The standard InChI is InChI=1S/C12H19F3N2S2/c1-4-5-18-7-10-17-11(12(13,14)15)9(19-10)6-16-8(2)3/h8,16H,4-7H2,1-3H3. The molecule has 0 unspecified atom stereocenters. The minimum atomic E-state index is -4.36. The molecule has 0 spiro atoms. The number of hydrogen-bond acceptors (Lipinski definition) is 4. The molecule has 0 saturated heterocycles. The summed E-state index contributed by atoms with van der Waals surface area (Å²) in [5.74, 6) is 1.50. The number of thioether (sulfide) groups is 1. The van der Waals surface area contributed by atoms with E-state index in [1.807, 2.05) is 20.8 Å². The van der Waals surface area contributed by atoms with Crippen LogP contribution in [0.25, 0.3) is 0 Å². The lowest BCUT2D eigenvalue weighted by molar-refractivity contribution is -0.141. The summed E-state index contributed by atoms with van der Waals surface area (Å²) in [5, 5.41) is 3.58. The van der Waals surface area contributed by atoms with Crippen LogP contribution in [-0.4, -0.2) is 16.8 Å². The average molecular weight is 312 g/mol. The maximum Gasteiger partial charge on any atom is 0.434 e. The van der Waals surface area contributed by atoms with E-state index in [0.717, 1.165) is 23.5 Å². The minimum Gasteiger partial charge on any atom is -0.310 e. The maximum absolute atomic E-state index is 12.9. The molecule has 0 saturated carbocycles. The number of hydrogen-bond donors (Lipinski definition) is 1. The number of aromatic nitrogens is 1. The molecule has 0 radical (unpaired) electrons. The lowest BCUT2D eigenvalue weighted by Gasteiger charge is -2.09. The van der Waals surface area contributed by atoms with E-state index >= 15 is 0 Å². The van der Waals surface area contributed by atoms with E-state index in [4.69, 9.17) is 0 Å². The Labute approximate surface area is 120 Å². The van der Waals surface area contributed by atoms with Gasteiger partial charge in [-0.2, -0.15) is 24.9 Å². The topological polar surface area (TPSA) is 24.9 Å². The van der Waals surface area contributed by atoms with Crippen LogP contribution in [0.1, 0.15) is 42.8 Å². The molecule has 1 aromatic rings. The van der Waals surface area contributed by atoms with Crippen LogP contribution >= 0.6 is 23.1 Å². The van der Waals surface area contributed by atoms with E-state index in [-0.39, 0.29) is 17.5 Å². The lowest BCUT2D eigenvalue weighted by atomic mass is 10.3. The quantitative estimate of drug-likeness (QED) is 0.760. The Bertz CT molecular complexity index is 389. The van der Waals surface area contributed by atoms with Gasteiger partial charge in [-0.05, 0) is 12.2 Å². The second kappa shape index (κ2) is 7.50. The van der Waals surface area contributed by atoms with Crippen molar-refractivity contribution in [2.75, 3.05) is 5.75 Å². The molecule has 19 heavy (non-hydrogen) atoms. The molecule has 0 bridgehead atoms. The third-order valence-electron chi connectivity index (χ3n) is 2.26. The summed E-state index contributed by atoms with van der Waals surface area (Å²) in [4.78, 5) is 4.05. The largest absolute Gasteiger partial charge is 0.434 e. The molecule has 0 aliphatic rings. The Morgan fingerprint density at radius 1 is 1.37 bits per heavy atom. The highest BCUT2D eigenvalue weighted by atomic mass is 32.2. The first-order valence-corrected chi connectivity index (χ1v) is 8.18. The van der Waals surface area contributed by atoms with E-state index in [0.29, 0.717) is 10.8 Å². The van der Waals surface area contributed by atoms with Gasteiger partial charge in [-0.1, -0.05) is 20.8 Å². The van der Waals surface area contributed by atoms with Gasteiger partial charge in [0, 0.05) is 18.3 Å². The van der Waals surface area contributed by atoms with Crippen LogP contribution in [0.4, 0.5) is 13.2 Å². The van der Waals surface area contributed by atoms with Crippen LogP contribution in [-0.2, 0) is 18.5 Å². The van der Waals surface area contributed by atoms with Crippen molar-refractivity contribution in [3.05, 3.63) is 15.6 Å². The van der Waals surface area contributed by atoms with E-state index in [1.54, 1.807) is 11.8 Å². The van der Waals surface area contributed by atoms with Gasteiger partial charge in [-0.15, -0.1) is 11.3 Å². The van der Waals surface area contributed by atoms with Crippen molar-refractivity contribution in [2.45, 2.75) is 51.7 Å². The highest BCUT2D eigenvalue weighted by Crippen LogP contribution is 2.35. The third-order valence-corrected chi connectivity index (χ3v) is 4.67. The summed E-state index contributed by atoms with van der Waals surface area (Å²) in [7, 11) is 0. The Balaban J connectivity index is 2.80. The Hall–Kier alpha value is -0.270. The number of alkyl halides is 3. The number of nitrogens with one attached hydrogen (secondary N) is 1. The second-order valence-corrected chi connectivity index (χ2v) is 6.74. The predicted octanol–water partition coefficient (Wildman–Crippen LogP) is 4.30. The number of nitrogens with zero attached hydrogens (tertiary/aromatic N) is 1. The van der Waals surface area contributed by atoms with Crippen LogP contribution in [0, 0.1) is 0 Å². The average Bonchev–Trinajstić information content (AvgIpc) is 2.70. The van der Waals surface area contributed by atoms with Gasteiger partial charge in [0.15, 0.2) is 5.69 Å². The molecule has 0 amide bonds. The zero-order valence-corrected chi connectivity index (χ0v) is 12.9. The van der Waals surface area contributed by atoms with Crippen molar-refractivity contribution in [3.63, 3.8) is 0 Å².